The molecule has 1 aliphatic carbocycles. The second-order valence-electron chi connectivity index (χ2n) is 6.50. The minimum Gasteiger partial charge on any atom is -0.354 e. The van der Waals surface area contributed by atoms with Gasteiger partial charge in [0.15, 0.2) is 5.76 Å². The van der Waals surface area contributed by atoms with Crippen molar-refractivity contribution in [1.82, 2.24) is 14.9 Å². The van der Waals surface area contributed by atoms with E-state index in [4.69, 9.17) is 4.52 Å². The van der Waals surface area contributed by atoms with Crippen LogP contribution in [-0.4, -0.2) is 14.9 Å². The van der Waals surface area contributed by atoms with Gasteiger partial charge in [0.2, 0.25) is 0 Å². The second-order valence-corrected chi connectivity index (χ2v) is 6.50. The smallest absolute Gasteiger partial charge is 0.280 e. The Morgan fingerprint density at radius 2 is 1.96 bits per heavy atom. The number of benzene rings is 1. The van der Waals surface area contributed by atoms with Gasteiger partial charge >= 0.3 is 0 Å². The van der Waals surface area contributed by atoms with Crippen molar-refractivity contribution in [1.29, 1.82) is 0 Å². The largest absolute Gasteiger partial charge is 0.354 e. The summed E-state index contributed by atoms with van der Waals surface area (Å²) in [5.41, 5.74) is 2.32. The van der Waals surface area contributed by atoms with E-state index >= 15 is 0 Å². The summed E-state index contributed by atoms with van der Waals surface area (Å²) in [6.07, 6.45) is -0.931. The zero-order chi connectivity index (χ0) is 17.8. The summed E-state index contributed by atoms with van der Waals surface area (Å²) < 4.78 is 46.0. The number of hydrogen-bond donors (Lipinski definition) is 0. The van der Waals surface area contributed by atoms with E-state index in [1.807, 2.05) is 6.92 Å². The predicted octanol–water partition coefficient (Wildman–Crippen LogP) is 4.54. The van der Waals surface area contributed by atoms with Crippen LogP contribution in [0.4, 0.5) is 13.2 Å². The van der Waals surface area contributed by atoms with Gasteiger partial charge in [-0.1, -0.05) is 11.2 Å². The van der Waals surface area contributed by atoms with E-state index < -0.39 is 6.43 Å². The third-order valence-electron chi connectivity index (χ3n) is 4.86. The fourth-order valence-electron chi connectivity index (χ4n) is 3.33. The maximum absolute atomic E-state index is 13.7. The normalized spacial score (nSPS) is 15.8. The Kier molecular flexibility index (Phi) is 3.49. The monoisotopic (exact) mass is 347 g/mol. The van der Waals surface area contributed by atoms with Gasteiger partial charge in [0.25, 0.3) is 6.43 Å². The molecule has 4 nitrogen and oxygen atoms in total. The Bertz CT molecular complexity index is 941. The average molecular weight is 347 g/mol. The molecule has 0 saturated heterocycles. The van der Waals surface area contributed by atoms with Gasteiger partial charge in [0.05, 0.1) is 5.69 Å². The number of halogens is 3. The van der Waals surface area contributed by atoms with Crippen LogP contribution >= 0.6 is 0 Å². The molecule has 2 heterocycles. The molecule has 0 atom stereocenters. The van der Waals surface area contributed by atoms with Crippen molar-refractivity contribution < 1.29 is 17.7 Å². The average Bonchev–Trinajstić information content (AvgIpc) is 3.03. The summed E-state index contributed by atoms with van der Waals surface area (Å²) in [5.74, 6) is 0.0414. The number of alkyl halides is 2. The minimum absolute atomic E-state index is 0.185. The lowest BCUT2D eigenvalue weighted by Crippen LogP contribution is -2.11. The van der Waals surface area contributed by atoms with Crippen molar-refractivity contribution in [2.24, 2.45) is 7.05 Å². The van der Waals surface area contributed by atoms with Crippen molar-refractivity contribution >= 4 is 0 Å². The van der Waals surface area contributed by atoms with Crippen LogP contribution in [0.1, 0.15) is 41.8 Å². The van der Waals surface area contributed by atoms with Crippen LogP contribution in [0, 0.1) is 12.7 Å². The summed E-state index contributed by atoms with van der Waals surface area (Å²) in [7, 11) is 1.46. The first-order chi connectivity index (χ1) is 11.9. The fraction of sp³-hybridized carbons (Fsp3) is 0.333. The van der Waals surface area contributed by atoms with Crippen molar-refractivity contribution in [2.45, 2.75) is 31.6 Å². The second kappa shape index (κ2) is 5.47. The molecule has 1 fully saturated rings. The number of nitrogens with zero attached hydrogens (tertiary/aromatic N) is 3. The van der Waals surface area contributed by atoms with Gasteiger partial charge in [0, 0.05) is 18.5 Å². The first kappa shape index (κ1) is 15.9. The first-order valence-corrected chi connectivity index (χ1v) is 7.97. The first-order valence-electron chi connectivity index (χ1n) is 7.97. The van der Waals surface area contributed by atoms with Crippen LogP contribution in [-0.2, 0) is 12.5 Å². The lowest BCUT2D eigenvalue weighted by molar-refractivity contribution is 0.141. The summed E-state index contributed by atoms with van der Waals surface area (Å²) in [5, 5.41) is 8.19. The molecule has 1 saturated carbocycles. The summed E-state index contributed by atoms with van der Waals surface area (Å²) in [4.78, 5) is 0. The molecule has 0 amide bonds. The SMILES string of the molecule is Cc1ccc(F)cc1C1(c2cc(-c3cc(C(F)F)n(C)n3)on2)CC1. The van der Waals surface area contributed by atoms with Gasteiger partial charge in [-0.2, -0.15) is 5.10 Å². The molecule has 3 aromatic rings. The summed E-state index contributed by atoms with van der Waals surface area (Å²) in [6, 6.07) is 7.73. The standard InChI is InChI=1S/C18H16F3N3O/c1-10-3-4-11(19)7-12(10)18(5-6-18)16-9-15(25-23-16)13-8-14(17(20)21)24(2)22-13/h3-4,7-9,17H,5-6H2,1-2H3. The Morgan fingerprint density at radius 3 is 2.60 bits per heavy atom. The molecule has 0 bridgehead atoms. The van der Waals surface area contributed by atoms with Crippen molar-refractivity contribution in [3.05, 3.63) is 58.7 Å². The van der Waals surface area contributed by atoms with Crippen LogP contribution in [0.2, 0.25) is 0 Å². The summed E-state index contributed by atoms with van der Waals surface area (Å²) >= 11 is 0. The van der Waals surface area contributed by atoms with Crippen molar-refractivity contribution in [3.63, 3.8) is 0 Å². The topological polar surface area (TPSA) is 43.9 Å². The molecule has 1 aliphatic rings. The zero-order valence-electron chi connectivity index (χ0n) is 13.8. The molecule has 0 radical (unpaired) electrons. The van der Waals surface area contributed by atoms with E-state index in [0.29, 0.717) is 17.1 Å². The van der Waals surface area contributed by atoms with Gasteiger partial charge in [-0.05, 0) is 49.1 Å². The van der Waals surface area contributed by atoms with Gasteiger partial charge < -0.3 is 4.52 Å². The van der Waals surface area contributed by atoms with E-state index in [1.54, 1.807) is 12.1 Å². The number of aromatic nitrogens is 3. The Morgan fingerprint density at radius 1 is 1.20 bits per heavy atom. The molecule has 0 N–H and O–H groups in total. The van der Waals surface area contributed by atoms with Gasteiger partial charge in [-0.25, -0.2) is 13.2 Å². The highest BCUT2D eigenvalue weighted by molar-refractivity contribution is 5.56. The highest BCUT2D eigenvalue weighted by Gasteiger charge is 2.49. The van der Waals surface area contributed by atoms with Crippen molar-refractivity contribution in [2.75, 3.05) is 0 Å². The van der Waals surface area contributed by atoms with Crippen LogP contribution < -0.4 is 0 Å². The molecule has 25 heavy (non-hydrogen) atoms. The van der Waals surface area contributed by atoms with Gasteiger partial charge in [0.1, 0.15) is 17.2 Å². The Hall–Kier alpha value is -2.57. The number of aryl methyl sites for hydroxylation is 2. The van der Waals surface area contributed by atoms with E-state index in [-0.39, 0.29) is 16.9 Å². The van der Waals surface area contributed by atoms with Crippen LogP contribution in [0.15, 0.2) is 34.9 Å². The predicted molar refractivity (Wildman–Crippen MR) is 84.8 cm³/mol. The van der Waals surface area contributed by atoms with Crippen LogP contribution in [0.3, 0.4) is 0 Å². The zero-order valence-corrected chi connectivity index (χ0v) is 13.8. The summed E-state index contributed by atoms with van der Waals surface area (Å²) in [6.45, 7) is 1.93. The lowest BCUT2D eigenvalue weighted by atomic mass is 9.88. The molecular weight excluding hydrogens is 331 g/mol. The minimum atomic E-state index is -2.61. The number of hydrogen-bond acceptors (Lipinski definition) is 3. The third-order valence-corrected chi connectivity index (χ3v) is 4.86. The van der Waals surface area contributed by atoms with Gasteiger partial charge in [-0.3, -0.25) is 4.68 Å². The fourth-order valence-corrected chi connectivity index (χ4v) is 3.33. The molecule has 1 aromatic carbocycles. The van der Waals surface area contributed by atoms with E-state index in [9.17, 15) is 13.2 Å². The maximum atomic E-state index is 13.7. The molecular formula is C18H16F3N3O. The van der Waals surface area contributed by atoms with E-state index in [0.717, 1.165) is 28.7 Å². The van der Waals surface area contributed by atoms with Crippen LogP contribution in [0.5, 0.6) is 0 Å². The van der Waals surface area contributed by atoms with E-state index in [1.165, 1.54) is 25.2 Å². The molecule has 0 aliphatic heterocycles. The highest BCUT2D eigenvalue weighted by atomic mass is 19.3. The molecule has 0 unspecified atom stereocenters. The van der Waals surface area contributed by atoms with Crippen LogP contribution in [0.25, 0.3) is 11.5 Å². The quantitative estimate of drug-likeness (QED) is 0.696. The maximum Gasteiger partial charge on any atom is 0.280 e. The molecule has 4 rings (SSSR count). The number of rotatable bonds is 4. The van der Waals surface area contributed by atoms with Crippen molar-refractivity contribution in [3.8, 4) is 11.5 Å². The molecule has 2 aromatic heterocycles. The molecule has 7 heteroatoms. The Balaban J connectivity index is 1.72. The molecule has 130 valence electrons. The molecule has 0 spiro atoms. The van der Waals surface area contributed by atoms with Gasteiger partial charge in [-0.15, -0.1) is 0 Å². The third kappa shape index (κ3) is 2.54. The highest BCUT2D eigenvalue weighted by Crippen LogP contribution is 2.54. The van der Waals surface area contributed by atoms with E-state index in [2.05, 4.69) is 10.3 Å². The lowest BCUT2D eigenvalue weighted by Gasteiger charge is -2.15. The Labute approximate surface area is 142 Å².